The summed E-state index contributed by atoms with van der Waals surface area (Å²) in [5.74, 6) is -1.55. The van der Waals surface area contributed by atoms with Crippen LogP contribution < -0.4 is 4.90 Å². The predicted molar refractivity (Wildman–Crippen MR) is 98.2 cm³/mol. The Labute approximate surface area is 160 Å². The number of amides is 1. The number of nitrogens with zero attached hydrogens (tertiary/aromatic N) is 3. The Kier molecular flexibility index (Phi) is 5.73. The van der Waals surface area contributed by atoms with Crippen LogP contribution in [0.15, 0.2) is 18.2 Å². The minimum Gasteiger partial charge on any atom is -0.483 e. The van der Waals surface area contributed by atoms with Crippen LogP contribution >= 0.6 is 0 Å². The number of hydrogen-bond donors (Lipinski definition) is 1. The van der Waals surface area contributed by atoms with Crippen molar-refractivity contribution in [3.8, 4) is 0 Å². The molecule has 0 radical (unpaired) electrons. The highest BCUT2D eigenvalue weighted by Gasteiger charge is 2.37. The monoisotopic (exact) mass is 393 g/mol. The number of ether oxygens (including phenoxy) is 1. The molecule has 1 N–H and O–H groups in total. The average molecular weight is 393 g/mol. The summed E-state index contributed by atoms with van der Waals surface area (Å²) in [5.41, 5.74) is 1.51. The van der Waals surface area contributed by atoms with Crippen molar-refractivity contribution in [2.45, 2.75) is 13.0 Å². The Bertz CT molecular complexity index is 908. The van der Waals surface area contributed by atoms with Crippen LogP contribution in [0.25, 0.3) is 10.9 Å². The number of hydrogen-bond acceptors (Lipinski definition) is 5. The molecule has 2 aromatic rings. The molecule has 9 heteroatoms. The Hall–Kier alpha value is -2.81. The van der Waals surface area contributed by atoms with Crippen LogP contribution in [0.5, 0.6) is 0 Å². The minimum absolute atomic E-state index is 0.0532. The first-order valence-corrected chi connectivity index (χ1v) is 8.79. The van der Waals surface area contributed by atoms with Crippen molar-refractivity contribution >= 4 is 29.0 Å². The van der Waals surface area contributed by atoms with E-state index in [4.69, 9.17) is 14.6 Å². The van der Waals surface area contributed by atoms with Crippen LogP contribution in [0.3, 0.4) is 0 Å². The van der Waals surface area contributed by atoms with E-state index >= 15 is 0 Å². The smallest absolute Gasteiger partial charge is 0.290 e. The summed E-state index contributed by atoms with van der Waals surface area (Å²) in [6.07, 6.45) is 0. The maximum atomic E-state index is 14.2. The number of carbonyl (C=O) groups is 2. The summed E-state index contributed by atoms with van der Waals surface area (Å²) in [5, 5.41) is 7.32. The molecule has 1 aromatic heterocycles. The number of fused-ring (bicyclic) bond motifs is 4. The largest absolute Gasteiger partial charge is 0.483 e. The summed E-state index contributed by atoms with van der Waals surface area (Å²) in [6, 6.07) is 3.89. The molecule has 0 saturated carbocycles. The predicted octanol–water partition coefficient (Wildman–Crippen LogP) is 1.82. The normalized spacial score (nSPS) is 21.8. The van der Waals surface area contributed by atoms with E-state index in [1.165, 1.54) is 6.07 Å². The van der Waals surface area contributed by atoms with Gasteiger partial charge in [0, 0.05) is 43.0 Å². The zero-order valence-corrected chi connectivity index (χ0v) is 15.6. The fourth-order valence-electron chi connectivity index (χ4n) is 3.72. The maximum absolute atomic E-state index is 14.2. The van der Waals surface area contributed by atoms with Gasteiger partial charge in [0.1, 0.15) is 11.3 Å². The zero-order chi connectivity index (χ0) is 20.4. The van der Waals surface area contributed by atoms with E-state index in [2.05, 4.69) is 4.98 Å². The number of pyridine rings is 1. The number of likely N-dealkylation sites (N-methyl/N-ethyl adjacent to an activating group) is 1. The van der Waals surface area contributed by atoms with E-state index in [1.54, 1.807) is 18.9 Å². The van der Waals surface area contributed by atoms with E-state index in [0.29, 0.717) is 43.1 Å². The topological polar surface area (TPSA) is 83.0 Å². The van der Waals surface area contributed by atoms with E-state index in [-0.39, 0.29) is 29.9 Å². The quantitative estimate of drug-likeness (QED) is 0.745. The molecule has 28 heavy (non-hydrogen) atoms. The van der Waals surface area contributed by atoms with Gasteiger partial charge in [0.15, 0.2) is 5.82 Å². The van der Waals surface area contributed by atoms with E-state index in [1.807, 2.05) is 11.0 Å². The molecule has 4 rings (SSSR count). The zero-order valence-electron chi connectivity index (χ0n) is 15.6. The first-order chi connectivity index (χ1) is 13.3. The van der Waals surface area contributed by atoms with Gasteiger partial charge in [0.05, 0.1) is 25.2 Å². The summed E-state index contributed by atoms with van der Waals surface area (Å²) < 4.78 is 33.6. The molecule has 1 amide bonds. The third-order valence-corrected chi connectivity index (χ3v) is 5.02. The second kappa shape index (κ2) is 8.05. The molecule has 1 aromatic carbocycles. The molecule has 0 unspecified atom stereocenters. The lowest BCUT2D eigenvalue weighted by Gasteiger charge is -2.31. The van der Waals surface area contributed by atoms with Crippen molar-refractivity contribution in [3.63, 3.8) is 0 Å². The van der Waals surface area contributed by atoms with E-state index in [9.17, 15) is 13.6 Å². The fraction of sp³-hybridized carbons (Fsp3) is 0.421. The Morgan fingerprint density at radius 1 is 1.25 bits per heavy atom. The van der Waals surface area contributed by atoms with E-state index < -0.39 is 11.6 Å². The Morgan fingerprint density at radius 2 is 1.96 bits per heavy atom. The summed E-state index contributed by atoms with van der Waals surface area (Å²) >= 11 is 0. The third-order valence-electron chi connectivity index (χ3n) is 5.02. The average Bonchev–Trinajstić information content (AvgIpc) is 2.81. The molecule has 2 aliphatic heterocycles. The van der Waals surface area contributed by atoms with Crippen LogP contribution in [-0.4, -0.2) is 66.8 Å². The van der Waals surface area contributed by atoms with Gasteiger partial charge in [-0.05, 0) is 19.1 Å². The van der Waals surface area contributed by atoms with Crippen LogP contribution in [0.1, 0.15) is 5.69 Å². The maximum Gasteiger partial charge on any atom is 0.290 e. The fourth-order valence-corrected chi connectivity index (χ4v) is 3.72. The molecule has 2 atom stereocenters. The molecule has 2 bridgehead atoms. The number of halogens is 2. The van der Waals surface area contributed by atoms with Crippen molar-refractivity contribution < 1.29 is 28.2 Å². The highest BCUT2D eigenvalue weighted by Crippen LogP contribution is 2.32. The van der Waals surface area contributed by atoms with Gasteiger partial charge >= 0.3 is 0 Å². The summed E-state index contributed by atoms with van der Waals surface area (Å²) in [7, 11) is 1.79. The van der Waals surface area contributed by atoms with Crippen molar-refractivity contribution in [2.24, 2.45) is 5.92 Å². The number of anilines is 1. The highest BCUT2D eigenvalue weighted by molar-refractivity contribution is 5.93. The van der Waals surface area contributed by atoms with Crippen LogP contribution in [0, 0.1) is 24.5 Å². The molecule has 0 spiro atoms. The van der Waals surface area contributed by atoms with Crippen molar-refractivity contribution in [3.05, 3.63) is 35.5 Å². The van der Waals surface area contributed by atoms with Gasteiger partial charge in [-0.1, -0.05) is 0 Å². The lowest BCUT2D eigenvalue weighted by molar-refractivity contribution is -0.133. The number of carbonyl (C=O) groups excluding carboxylic acids is 1. The SMILES string of the molecule is Cc1cc(N2C[C@@H]3COC[C@H](C2)N(C)C3=O)c2cc(F)cc(F)c2n1.O=CO. The summed E-state index contributed by atoms with van der Waals surface area (Å²) in [4.78, 5) is 28.9. The van der Waals surface area contributed by atoms with Crippen molar-refractivity contribution in [1.29, 1.82) is 0 Å². The van der Waals surface area contributed by atoms with Crippen LogP contribution in [0.2, 0.25) is 0 Å². The van der Waals surface area contributed by atoms with Crippen LogP contribution in [-0.2, 0) is 14.3 Å². The number of aryl methyl sites for hydroxylation is 1. The Balaban J connectivity index is 0.000000706. The molecule has 0 aliphatic carbocycles. The second-order valence-corrected chi connectivity index (χ2v) is 6.91. The number of aromatic nitrogens is 1. The third kappa shape index (κ3) is 3.75. The van der Waals surface area contributed by atoms with Crippen LogP contribution in [0.4, 0.5) is 14.5 Å². The van der Waals surface area contributed by atoms with Gasteiger partial charge in [-0.15, -0.1) is 0 Å². The molecule has 2 aliphatic rings. The molecule has 150 valence electrons. The molecular weight excluding hydrogens is 372 g/mol. The van der Waals surface area contributed by atoms with Crippen molar-refractivity contribution in [2.75, 3.05) is 38.3 Å². The highest BCUT2D eigenvalue weighted by atomic mass is 19.1. The van der Waals surface area contributed by atoms with Gasteiger partial charge in [-0.3, -0.25) is 9.59 Å². The van der Waals surface area contributed by atoms with Gasteiger partial charge in [-0.25, -0.2) is 13.8 Å². The van der Waals surface area contributed by atoms with Crippen molar-refractivity contribution in [1.82, 2.24) is 9.88 Å². The number of benzene rings is 1. The lowest BCUT2D eigenvalue weighted by Crippen LogP contribution is -2.43. The van der Waals surface area contributed by atoms with Gasteiger partial charge in [0.25, 0.3) is 6.47 Å². The first kappa shape index (κ1) is 19.9. The molecule has 2 saturated heterocycles. The molecule has 2 fully saturated rings. The van der Waals surface area contributed by atoms with Gasteiger partial charge in [-0.2, -0.15) is 0 Å². The molecule has 3 heterocycles. The first-order valence-electron chi connectivity index (χ1n) is 8.79. The molecular formula is C19H21F2N3O4. The minimum atomic E-state index is -0.675. The Morgan fingerprint density at radius 3 is 2.68 bits per heavy atom. The van der Waals surface area contributed by atoms with E-state index in [0.717, 1.165) is 6.07 Å². The van der Waals surface area contributed by atoms with Gasteiger partial charge in [0.2, 0.25) is 5.91 Å². The lowest BCUT2D eigenvalue weighted by atomic mass is 10.1. The number of carboxylic acid groups (broad SMARTS) is 1. The molecule has 7 nitrogen and oxygen atoms in total. The number of rotatable bonds is 1. The standard InChI is InChI=1S/C18H19F2N3O2.CH2O2/c1-10-3-16(14-4-12(19)5-15(20)17(14)21-10)23-6-11-8-25-9-13(7-23)22(2)18(11)24;2-1-3/h3-5,11,13H,6-9H2,1-2H3;1H,(H,2,3)/t11-,13+;/m1./s1. The van der Waals surface area contributed by atoms with Gasteiger partial charge < -0.3 is 19.6 Å². The second-order valence-electron chi connectivity index (χ2n) is 6.91. The summed E-state index contributed by atoms with van der Waals surface area (Å²) in [6.45, 7) is 3.36.